The fraction of sp³-hybridized carbons (Fsp3) is 0.571. The highest BCUT2D eigenvalue weighted by atomic mass is 35.5. The molecule has 19 heavy (non-hydrogen) atoms. The van der Waals surface area contributed by atoms with E-state index in [-0.39, 0.29) is 18.2 Å². The molecule has 1 atom stereocenters. The summed E-state index contributed by atoms with van der Waals surface area (Å²) in [6.07, 6.45) is 2.53. The van der Waals surface area contributed by atoms with Crippen LogP contribution in [0.1, 0.15) is 18.4 Å². The van der Waals surface area contributed by atoms with Crippen LogP contribution in [0, 0.1) is 11.7 Å². The first-order chi connectivity index (χ1) is 8.74. The summed E-state index contributed by atoms with van der Waals surface area (Å²) in [6, 6.07) is 5.36. The predicted molar refractivity (Wildman–Crippen MR) is 78.4 cm³/mol. The molecule has 106 valence electrons. The topological polar surface area (TPSA) is 15.3 Å². The number of halogens is 3. The number of fused-ring (bicyclic) bond motifs is 3. The summed E-state index contributed by atoms with van der Waals surface area (Å²) in [5, 5.41) is 4.00. The highest BCUT2D eigenvalue weighted by Gasteiger charge is 2.33. The first kappa shape index (κ1) is 15.0. The molecule has 1 aromatic carbocycles. The average molecular weight is 305 g/mol. The smallest absolute Gasteiger partial charge is 0.129 e. The first-order valence-corrected chi connectivity index (χ1v) is 7.00. The first-order valence-electron chi connectivity index (χ1n) is 6.62. The maximum Gasteiger partial charge on any atom is 0.129 e. The van der Waals surface area contributed by atoms with E-state index in [1.165, 1.54) is 32.0 Å². The molecule has 1 unspecified atom stereocenters. The lowest BCUT2D eigenvalue weighted by Gasteiger charge is -2.45. The molecule has 0 saturated carbocycles. The SMILES string of the molecule is Cl.Fc1cccc(Cl)c1CNC1CN2CCC1CC2. The van der Waals surface area contributed by atoms with E-state index in [0.717, 1.165) is 12.5 Å². The molecule has 3 saturated heterocycles. The number of hydrogen-bond donors (Lipinski definition) is 1. The number of piperidine rings is 3. The van der Waals surface area contributed by atoms with Gasteiger partial charge in [0.15, 0.2) is 0 Å². The Morgan fingerprint density at radius 2 is 2.05 bits per heavy atom. The van der Waals surface area contributed by atoms with E-state index in [9.17, 15) is 4.39 Å². The number of benzene rings is 1. The van der Waals surface area contributed by atoms with Crippen LogP contribution in [-0.2, 0) is 6.54 Å². The van der Waals surface area contributed by atoms with Gasteiger partial charge in [0.1, 0.15) is 5.82 Å². The molecule has 0 aromatic heterocycles. The van der Waals surface area contributed by atoms with Gasteiger partial charge in [-0.1, -0.05) is 17.7 Å². The van der Waals surface area contributed by atoms with E-state index in [0.29, 0.717) is 23.2 Å². The van der Waals surface area contributed by atoms with Crippen LogP contribution in [0.25, 0.3) is 0 Å². The van der Waals surface area contributed by atoms with Gasteiger partial charge in [-0.15, -0.1) is 12.4 Å². The van der Waals surface area contributed by atoms with Crippen LogP contribution in [0.15, 0.2) is 18.2 Å². The van der Waals surface area contributed by atoms with Crippen molar-refractivity contribution < 1.29 is 4.39 Å². The third kappa shape index (κ3) is 3.22. The lowest BCUT2D eigenvalue weighted by molar-refractivity contribution is 0.0719. The molecule has 2 nitrogen and oxygen atoms in total. The summed E-state index contributed by atoms with van der Waals surface area (Å²) < 4.78 is 13.7. The standard InChI is InChI=1S/C14H18ClFN2.ClH/c15-12-2-1-3-13(16)11(12)8-17-14-9-18-6-4-10(14)5-7-18;/h1-3,10,14,17H,4-9H2;1H. The largest absolute Gasteiger partial charge is 0.308 e. The summed E-state index contributed by atoms with van der Waals surface area (Å²) in [5.74, 6) is 0.539. The van der Waals surface area contributed by atoms with Crippen LogP contribution >= 0.6 is 24.0 Å². The minimum absolute atomic E-state index is 0. The summed E-state index contributed by atoms with van der Waals surface area (Å²) >= 11 is 6.04. The Kier molecular flexibility index (Phi) is 5.07. The lowest BCUT2D eigenvalue weighted by atomic mass is 9.84. The van der Waals surface area contributed by atoms with Gasteiger partial charge in [-0.2, -0.15) is 0 Å². The van der Waals surface area contributed by atoms with Gasteiger partial charge in [0.2, 0.25) is 0 Å². The highest BCUT2D eigenvalue weighted by Crippen LogP contribution is 2.28. The molecule has 0 amide bonds. The van der Waals surface area contributed by atoms with Gasteiger partial charge in [0.05, 0.1) is 0 Å². The molecule has 2 bridgehead atoms. The van der Waals surface area contributed by atoms with E-state index in [1.54, 1.807) is 12.1 Å². The van der Waals surface area contributed by atoms with Crippen LogP contribution in [0.2, 0.25) is 5.02 Å². The molecule has 3 fully saturated rings. The van der Waals surface area contributed by atoms with Gasteiger partial charge >= 0.3 is 0 Å². The molecule has 3 heterocycles. The van der Waals surface area contributed by atoms with Crippen molar-refractivity contribution in [1.82, 2.24) is 10.2 Å². The van der Waals surface area contributed by atoms with Crippen LogP contribution < -0.4 is 5.32 Å². The molecule has 0 spiro atoms. The van der Waals surface area contributed by atoms with E-state index in [4.69, 9.17) is 11.6 Å². The van der Waals surface area contributed by atoms with E-state index in [1.807, 2.05) is 0 Å². The van der Waals surface area contributed by atoms with E-state index < -0.39 is 0 Å². The highest BCUT2D eigenvalue weighted by molar-refractivity contribution is 6.31. The Labute approximate surface area is 124 Å². The van der Waals surface area contributed by atoms with E-state index >= 15 is 0 Å². The Morgan fingerprint density at radius 1 is 1.32 bits per heavy atom. The number of rotatable bonds is 3. The second-order valence-electron chi connectivity index (χ2n) is 5.33. The van der Waals surface area contributed by atoms with E-state index in [2.05, 4.69) is 10.2 Å². The van der Waals surface area contributed by atoms with Crippen molar-refractivity contribution >= 4 is 24.0 Å². The normalized spacial score (nSPS) is 29.1. The zero-order chi connectivity index (χ0) is 12.5. The molecular weight excluding hydrogens is 286 g/mol. The van der Waals surface area contributed by atoms with Gasteiger partial charge in [0.25, 0.3) is 0 Å². The molecule has 4 rings (SSSR count). The summed E-state index contributed by atoms with van der Waals surface area (Å²) in [4.78, 5) is 2.49. The lowest BCUT2D eigenvalue weighted by Crippen LogP contribution is -2.55. The molecule has 5 heteroatoms. The van der Waals surface area contributed by atoms with Crippen molar-refractivity contribution in [1.29, 1.82) is 0 Å². The van der Waals surface area contributed by atoms with Gasteiger partial charge < -0.3 is 10.2 Å². The Balaban J connectivity index is 0.00000133. The monoisotopic (exact) mass is 304 g/mol. The Morgan fingerprint density at radius 3 is 2.63 bits per heavy atom. The van der Waals surface area contributed by atoms with Crippen molar-refractivity contribution in [2.75, 3.05) is 19.6 Å². The van der Waals surface area contributed by atoms with Crippen molar-refractivity contribution in [2.45, 2.75) is 25.4 Å². The summed E-state index contributed by atoms with van der Waals surface area (Å²) in [6.45, 7) is 4.07. The Hall–Kier alpha value is -0.350. The fourth-order valence-corrected chi connectivity index (χ4v) is 3.36. The average Bonchev–Trinajstić information content (AvgIpc) is 2.39. The zero-order valence-electron chi connectivity index (χ0n) is 10.7. The van der Waals surface area contributed by atoms with Gasteiger partial charge in [0, 0.05) is 29.7 Å². The number of nitrogens with one attached hydrogen (secondary N) is 1. The molecule has 3 aliphatic rings. The number of nitrogens with zero attached hydrogens (tertiary/aromatic N) is 1. The van der Waals surface area contributed by atoms with Crippen LogP contribution in [0.4, 0.5) is 4.39 Å². The minimum Gasteiger partial charge on any atom is -0.308 e. The third-order valence-electron chi connectivity index (χ3n) is 4.26. The van der Waals surface area contributed by atoms with Crippen LogP contribution in [-0.4, -0.2) is 30.6 Å². The molecule has 1 aromatic rings. The maximum atomic E-state index is 13.7. The van der Waals surface area contributed by atoms with Gasteiger partial charge in [-0.25, -0.2) is 4.39 Å². The zero-order valence-corrected chi connectivity index (χ0v) is 12.3. The third-order valence-corrected chi connectivity index (χ3v) is 4.61. The second kappa shape index (κ2) is 6.40. The van der Waals surface area contributed by atoms with Crippen molar-refractivity contribution in [3.05, 3.63) is 34.6 Å². The summed E-state index contributed by atoms with van der Waals surface area (Å²) in [5.41, 5.74) is 0.593. The predicted octanol–water partition coefficient (Wildman–Crippen LogP) is 3.08. The van der Waals surface area contributed by atoms with Crippen molar-refractivity contribution in [3.63, 3.8) is 0 Å². The quantitative estimate of drug-likeness (QED) is 0.923. The molecule has 0 aliphatic carbocycles. The Bertz CT molecular complexity index is 413. The number of hydrogen-bond acceptors (Lipinski definition) is 2. The minimum atomic E-state index is -0.212. The second-order valence-corrected chi connectivity index (χ2v) is 5.73. The van der Waals surface area contributed by atoms with Crippen molar-refractivity contribution in [2.24, 2.45) is 5.92 Å². The molecule has 3 aliphatic heterocycles. The van der Waals surface area contributed by atoms with Gasteiger partial charge in [-0.05, 0) is 44.0 Å². The maximum absolute atomic E-state index is 13.7. The molecular formula is C14H19Cl2FN2. The molecule has 0 radical (unpaired) electrons. The molecule has 1 N–H and O–H groups in total. The van der Waals surface area contributed by atoms with Crippen molar-refractivity contribution in [3.8, 4) is 0 Å². The van der Waals surface area contributed by atoms with Gasteiger partial charge in [-0.3, -0.25) is 0 Å². The van der Waals surface area contributed by atoms with Crippen LogP contribution in [0.3, 0.4) is 0 Å². The summed E-state index contributed by atoms with van der Waals surface area (Å²) in [7, 11) is 0. The van der Waals surface area contributed by atoms with Crippen LogP contribution in [0.5, 0.6) is 0 Å². The fourth-order valence-electron chi connectivity index (χ4n) is 3.13.